The lowest BCUT2D eigenvalue weighted by Gasteiger charge is -1.97. The summed E-state index contributed by atoms with van der Waals surface area (Å²) < 4.78 is 13.2. The van der Waals surface area contributed by atoms with Crippen LogP contribution in [0.5, 0.6) is 0 Å². The number of hydrogen-bond acceptors (Lipinski definition) is 3. The molecule has 64 valence electrons. The van der Waals surface area contributed by atoms with Crippen molar-refractivity contribution in [2.24, 2.45) is 0 Å². The lowest BCUT2D eigenvalue weighted by atomic mass is 10.6. The van der Waals surface area contributed by atoms with Crippen molar-refractivity contribution in [2.75, 3.05) is 0 Å². The van der Waals surface area contributed by atoms with Gasteiger partial charge < -0.3 is 4.79 Å². The molecule has 1 aromatic rings. The third-order valence-corrected chi connectivity index (χ3v) is 1.24. The molecule has 1 N–H and O–H groups in total. The molecule has 1 rings (SSSR count). The summed E-state index contributed by atoms with van der Waals surface area (Å²) in [5, 5.41) is 0. The van der Waals surface area contributed by atoms with Crippen molar-refractivity contribution in [3.8, 4) is 0 Å². The van der Waals surface area contributed by atoms with Gasteiger partial charge in [-0.3, -0.25) is 14.3 Å². The summed E-state index contributed by atoms with van der Waals surface area (Å²) >= 11 is 0. The Balaban J connectivity index is 3.32. The van der Waals surface area contributed by atoms with Crippen molar-refractivity contribution in [1.29, 1.82) is 0 Å². The first-order valence-corrected chi connectivity index (χ1v) is 3.08. The lowest BCUT2D eigenvalue weighted by Crippen LogP contribution is -2.31. The number of aromatic nitrogens is 2. The van der Waals surface area contributed by atoms with Gasteiger partial charge in [-0.2, -0.15) is 4.39 Å². The van der Waals surface area contributed by atoms with Crippen molar-refractivity contribution in [1.82, 2.24) is 9.55 Å². The van der Waals surface area contributed by atoms with Gasteiger partial charge in [0, 0.05) is 0 Å². The number of nitrogens with one attached hydrogen (secondary N) is 1. The molecule has 0 unspecified atom stereocenters. The predicted octanol–water partition coefficient (Wildman–Crippen LogP) is -1.13. The molecule has 1 aromatic heterocycles. The average molecular weight is 172 g/mol. The summed E-state index contributed by atoms with van der Waals surface area (Å²) in [4.78, 5) is 32.9. The van der Waals surface area contributed by atoms with E-state index >= 15 is 0 Å². The Morgan fingerprint density at radius 1 is 1.58 bits per heavy atom. The molecule has 0 saturated heterocycles. The zero-order valence-corrected chi connectivity index (χ0v) is 5.91. The average Bonchev–Trinajstić information content (AvgIpc) is 2.01. The standard InChI is InChI=1S/C6H5FN2O3/c7-4-3-9(1-2-10)6(12)8-5(4)11/h2-3H,1H2,(H,8,11,12). The SMILES string of the molecule is O=CCn1cc(F)c(=O)[nH]c1=O. The first-order valence-electron chi connectivity index (χ1n) is 3.08. The highest BCUT2D eigenvalue weighted by molar-refractivity contribution is 5.48. The summed E-state index contributed by atoms with van der Waals surface area (Å²) in [5.41, 5.74) is -1.88. The number of carbonyl (C=O) groups is 1. The van der Waals surface area contributed by atoms with Gasteiger partial charge in [-0.1, -0.05) is 0 Å². The van der Waals surface area contributed by atoms with Crippen LogP contribution in [-0.2, 0) is 11.3 Å². The second-order valence-corrected chi connectivity index (χ2v) is 2.06. The molecular formula is C6H5FN2O3. The molecule has 0 bridgehead atoms. The van der Waals surface area contributed by atoms with Crippen LogP contribution >= 0.6 is 0 Å². The first-order chi connectivity index (χ1) is 5.65. The van der Waals surface area contributed by atoms with Gasteiger partial charge in [-0.15, -0.1) is 0 Å². The molecule has 6 heteroatoms. The van der Waals surface area contributed by atoms with Crippen LogP contribution in [0.1, 0.15) is 0 Å². The highest BCUT2D eigenvalue weighted by Crippen LogP contribution is 1.81. The van der Waals surface area contributed by atoms with Crippen LogP contribution in [0, 0.1) is 5.82 Å². The third-order valence-electron chi connectivity index (χ3n) is 1.24. The van der Waals surface area contributed by atoms with Gasteiger partial charge in [0.15, 0.2) is 0 Å². The Morgan fingerprint density at radius 3 is 2.83 bits per heavy atom. The fourth-order valence-electron chi connectivity index (χ4n) is 0.699. The molecule has 0 aliphatic carbocycles. The fraction of sp³-hybridized carbons (Fsp3) is 0.167. The largest absolute Gasteiger partial charge is 0.328 e. The summed E-state index contributed by atoms with van der Waals surface area (Å²) in [6, 6.07) is 0. The van der Waals surface area contributed by atoms with Crippen LogP contribution in [0.25, 0.3) is 0 Å². The van der Waals surface area contributed by atoms with Crippen molar-refractivity contribution >= 4 is 6.29 Å². The van der Waals surface area contributed by atoms with Gasteiger partial charge in [0.25, 0.3) is 5.56 Å². The van der Waals surface area contributed by atoms with Crippen LogP contribution in [0.3, 0.4) is 0 Å². The Bertz CT molecular complexity index is 406. The Morgan fingerprint density at radius 2 is 2.25 bits per heavy atom. The quantitative estimate of drug-likeness (QED) is 0.574. The minimum atomic E-state index is -1.09. The number of hydrogen-bond donors (Lipinski definition) is 1. The summed E-state index contributed by atoms with van der Waals surface area (Å²) in [5.74, 6) is -1.09. The number of halogens is 1. The van der Waals surface area contributed by atoms with E-state index in [9.17, 15) is 18.8 Å². The zero-order valence-electron chi connectivity index (χ0n) is 5.91. The molecule has 12 heavy (non-hydrogen) atoms. The summed E-state index contributed by atoms with van der Waals surface area (Å²) in [6.07, 6.45) is 1.12. The van der Waals surface area contributed by atoms with E-state index in [1.807, 2.05) is 0 Å². The van der Waals surface area contributed by atoms with E-state index in [2.05, 4.69) is 0 Å². The number of aromatic amines is 1. The van der Waals surface area contributed by atoms with Crippen molar-refractivity contribution in [2.45, 2.75) is 6.54 Å². The molecular weight excluding hydrogens is 167 g/mol. The molecule has 0 aliphatic rings. The Labute approximate surface area is 65.5 Å². The molecule has 0 atom stereocenters. The monoisotopic (exact) mass is 172 g/mol. The van der Waals surface area contributed by atoms with Crippen LogP contribution in [0.2, 0.25) is 0 Å². The van der Waals surface area contributed by atoms with Gasteiger partial charge in [-0.25, -0.2) is 4.79 Å². The topological polar surface area (TPSA) is 71.9 Å². The molecule has 0 aliphatic heterocycles. The number of carbonyl (C=O) groups excluding carboxylic acids is 1. The summed E-state index contributed by atoms with van der Waals surface area (Å²) in [7, 11) is 0. The predicted molar refractivity (Wildman–Crippen MR) is 37.3 cm³/mol. The molecule has 0 fully saturated rings. The van der Waals surface area contributed by atoms with Gasteiger partial charge in [0.05, 0.1) is 12.7 Å². The maximum absolute atomic E-state index is 12.5. The van der Waals surface area contributed by atoms with E-state index in [4.69, 9.17) is 0 Å². The molecule has 0 spiro atoms. The highest BCUT2D eigenvalue weighted by Gasteiger charge is 2.01. The van der Waals surface area contributed by atoms with Crippen LogP contribution in [0.15, 0.2) is 15.8 Å². The molecule has 1 heterocycles. The van der Waals surface area contributed by atoms with E-state index in [0.29, 0.717) is 12.5 Å². The van der Waals surface area contributed by atoms with Gasteiger partial charge >= 0.3 is 5.69 Å². The molecule has 0 aromatic carbocycles. The van der Waals surface area contributed by atoms with E-state index in [1.165, 1.54) is 0 Å². The van der Waals surface area contributed by atoms with E-state index in [1.54, 1.807) is 4.98 Å². The minimum absolute atomic E-state index is 0.271. The van der Waals surface area contributed by atoms with E-state index in [0.717, 1.165) is 4.57 Å². The molecule has 0 amide bonds. The highest BCUT2D eigenvalue weighted by atomic mass is 19.1. The van der Waals surface area contributed by atoms with Crippen LogP contribution in [0.4, 0.5) is 4.39 Å². The van der Waals surface area contributed by atoms with Crippen molar-refractivity contribution in [3.05, 3.63) is 32.9 Å². The van der Waals surface area contributed by atoms with E-state index in [-0.39, 0.29) is 6.54 Å². The second-order valence-electron chi connectivity index (χ2n) is 2.06. The molecule has 0 saturated carbocycles. The van der Waals surface area contributed by atoms with Crippen LogP contribution < -0.4 is 11.2 Å². The second kappa shape index (κ2) is 3.12. The summed E-state index contributed by atoms with van der Waals surface area (Å²) in [6.45, 7) is -0.271. The third kappa shape index (κ3) is 1.47. The Kier molecular flexibility index (Phi) is 2.18. The lowest BCUT2D eigenvalue weighted by molar-refractivity contribution is -0.108. The maximum atomic E-state index is 12.5. The first kappa shape index (κ1) is 8.38. The number of nitrogens with zero attached hydrogens (tertiary/aromatic N) is 1. The zero-order chi connectivity index (χ0) is 9.14. The van der Waals surface area contributed by atoms with Gasteiger partial charge in [-0.05, 0) is 0 Å². The normalized spacial score (nSPS) is 9.75. The van der Waals surface area contributed by atoms with E-state index < -0.39 is 17.1 Å². The smallest absolute Gasteiger partial charge is 0.301 e. The molecule has 5 nitrogen and oxygen atoms in total. The number of H-pyrrole nitrogens is 1. The van der Waals surface area contributed by atoms with Gasteiger partial charge in [0.2, 0.25) is 5.82 Å². The fourth-order valence-corrected chi connectivity index (χ4v) is 0.699. The number of rotatable bonds is 2. The molecule has 0 radical (unpaired) electrons. The number of aldehydes is 1. The maximum Gasteiger partial charge on any atom is 0.328 e. The van der Waals surface area contributed by atoms with Crippen molar-refractivity contribution in [3.63, 3.8) is 0 Å². The van der Waals surface area contributed by atoms with Crippen LogP contribution in [-0.4, -0.2) is 15.8 Å². The van der Waals surface area contributed by atoms with Gasteiger partial charge in [0.1, 0.15) is 6.29 Å². The minimum Gasteiger partial charge on any atom is -0.301 e. The Hall–Kier alpha value is -1.72. The van der Waals surface area contributed by atoms with Crippen molar-refractivity contribution < 1.29 is 9.18 Å².